The van der Waals surface area contributed by atoms with Crippen molar-refractivity contribution in [1.82, 2.24) is 0 Å². The molecule has 4 heteroatoms. The van der Waals surface area contributed by atoms with E-state index in [0.717, 1.165) is 24.4 Å². The molecule has 1 heterocycles. The lowest BCUT2D eigenvalue weighted by Gasteiger charge is -2.43. The van der Waals surface area contributed by atoms with Crippen molar-refractivity contribution in [3.05, 3.63) is 84.9 Å². The van der Waals surface area contributed by atoms with Gasteiger partial charge in [-0.15, -0.1) is 0 Å². The van der Waals surface area contributed by atoms with Crippen LogP contribution < -0.4 is 19.7 Å². The average molecular weight is 416 g/mol. The predicted octanol–water partition coefficient (Wildman–Crippen LogP) is 4.75. The third kappa shape index (κ3) is 3.68. The summed E-state index contributed by atoms with van der Waals surface area (Å²) in [4.78, 5) is 14.0. The topological polar surface area (TPSA) is 29.5 Å². The van der Waals surface area contributed by atoms with Crippen LogP contribution in [0.2, 0.25) is 5.04 Å². The molecule has 0 atom stereocenters. The molecule has 0 radical (unpaired) electrons. The van der Waals surface area contributed by atoms with Gasteiger partial charge in [-0.05, 0) is 46.1 Å². The molecule has 1 fully saturated rings. The monoisotopic (exact) mass is 415 g/mol. The van der Waals surface area contributed by atoms with Crippen LogP contribution >= 0.6 is 0 Å². The summed E-state index contributed by atoms with van der Waals surface area (Å²) >= 11 is 0. The van der Waals surface area contributed by atoms with Gasteiger partial charge in [-0.1, -0.05) is 81.4 Å². The van der Waals surface area contributed by atoms with Crippen LogP contribution in [0.15, 0.2) is 84.9 Å². The maximum atomic E-state index is 12.1. The van der Waals surface area contributed by atoms with Gasteiger partial charge in [0.15, 0.2) is 0 Å². The number of anilines is 1. The lowest BCUT2D eigenvalue weighted by Crippen LogP contribution is -2.68. The van der Waals surface area contributed by atoms with Gasteiger partial charge in [-0.3, -0.25) is 4.79 Å². The first kappa shape index (κ1) is 20.4. The van der Waals surface area contributed by atoms with Crippen LogP contribution in [0.3, 0.4) is 0 Å². The number of rotatable bonds is 5. The highest BCUT2D eigenvalue weighted by atomic mass is 28.4. The van der Waals surface area contributed by atoms with E-state index in [1.807, 2.05) is 29.2 Å². The van der Waals surface area contributed by atoms with E-state index in [1.54, 1.807) is 0 Å². The molecule has 0 aromatic heterocycles. The van der Waals surface area contributed by atoms with Crippen LogP contribution in [-0.2, 0) is 4.79 Å². The summed E-state index contributed by atoms with van der Waals surface area (Å²) in [5, 5.41) is 2.42. The Morgan fingerprint density at radius 1 is 0.800 bits per heavy atom. The molecule has 0 unspecified atom stereocenters. The minimum atomic E-state index is -2.63. The molecule has 0 aliphatic carbocycles. The highest BCUT2D eigenvalue weighted by Crippen LogP contribution is 2.38. The molecular formula is C26H29NO2Si. The van der Waals surface area contributed by atoms with Crippen LogP contribution in [0.1, 0.15) is 33.6 Å². The molecule has 0 N–H and O–H groups in total. The number of amides is 1. The van der Waals surface area contributed by atoms with Crippen molar-refractivity contribution in [2.24, 2.45) is 0 Å². The normalized spacial score (nSPS) is 14.8. The Morgan fingerprint density at radius 3 is 1.77 bits per heavy atom. The predicted molar refractivity (Wildman–Crippen MR) is 126 cm³/mol. The van der Waals surface area contributed by atoms with E-state index < -0.39 is 8.32 Å². The molecule has 30 heavy (non-hydrogen) atoms. The fourth-order valence-corrected chi connectivity index (χ4v) is 8.86. The van der Waals surface area contributed by atoms with Crippen molar-refractivity contribution in [3.63, 3.8) is 0 Å². The smallest absolute Gasteiger partial charge is 0.319 e. The molecule has 0 saturated carbocycles. The Bertz CT molecular complexity index is 955. The molecule has 0 bridgehead atoms. The number of benzene rings is 3. The summed E-state index contributed by atoms with van der Waals surface area (Å²) in [6, 6.07) is 29.3. The maximum Gasteiger partial charge on any atom is 0.319 e. The van der Waals surface area contributed by atoms with Gasteiger partial charge >= 0.3 is 8.32 Å². The number of hydrogen-bond donors (Lipinski definition) is 0. The van der Waals surface area contributed by atoms with Crippen molar-refractivity contribution in [2.45, 2.75) is 38.7 Å². The molecule has 1 saturated heterocycles. The highest BCUT2D eigenvalue weighted by molar-refractivity contribution is 7.00. The Balaban J connectivity index is 1.78. The van der Waals surface area contributed by atoms with Crippen molar-refractivity contribution in [3.8, 4) is 5.75 Å². The van der Waals surface area contributed by atoms with Gasteiger partial charge < -0.3 is 9.33 Å². The van der Waals surface area contributed by atoms with E-state index in [4.69, 9.17) is 4.43 Å². The summed E-state index contributed by atoms with van der Waals surface area (Å²) < 4.78 is 7.02. The van der Waals surface area contributed by atoms with E-state index in [-0.39, 0.29) is 10.9 Å². The van der Waals surface area contributed by atoms with Gasteiger partial charge in [0.05, 0.1) is 0 Å². The molecular weight excluding hydrogens is 386 g/mol. The lowest BCUT2D eigenvalue weighted by atomic mass is 10.2. The van der Waals surface area contributed by atoms with Crippen molar-refractivity contribution >= 4 is 30.3 Å². The van der Waals surface area contributed by atoms with Crippen LogP contribution in [0, 0.1) is 0 Å². The lowest BCUT2D eigenvalue weighted by molar-refractivity contribution is -0.117. The van der Waals surface area contributed by atoms with E-state index in [0.29, 0.717) is 6.42 Å². The van der Waals surface area contributed by atoms with E-state index in [1.165, 1.54) is 10.4 Å². The fraction of sp³-hybridized carbons (Fsp3) is 0.269. The van der Waals surface area contributed by atoms with Gasteiger partial charge in [0, 0.05) is 18.7 Å². The quantitative estimate of drug-likeness (QED) is 0.563. The molecule has 1 amide bonds. The van der Waals surface area contributed by atoms with E-state index in [9.17, 15) is 4.79 Å². The summed E-state index contributed by atoms with van der Waals surface area (Å²) in [7, 11) is -2.63. The third-order valence-electron chi connectivity index (χ3n) is 5.91. The van der Waals surface area contributed by atoms with Crippen LogP contribution in [0.4, 0.5) is 5.69 Å². The minimum absolute atomic E-state index is 0.0840. The van der Waals surface area contributed by atoms with Crippen molar-refractivity contribution < 1.29 is 9.22 Å². The molecule has 1 aliphatic heterocycles. The summed E-state index contributed by atoms with van der Waals surface area (Å²) in [6.07, 6.45) is 1.57. The average Bonchev–Trinajstić information content (AvgIpc) is 3.19. The SMILES string of the molecule is CC(C)(C)[Si](Oc1ccc(N2CCCC2=O)cc1)(c1ccccc1)c1ccccc1. The van der Waals surface area contributed by atoms with Gasteiger partial charge in [-0.25, -0.2) is 0 Å². The van der Waals surface area contributed by atoms with Crippen LogP contribution in [0.5, 0.6) is 5.75 Å². The van der Waals surface area contributed by atoms with Crippen LogP contribution in [0.25, 0.3) is 0 Å². The second-order valence-electron chi connectivity index (χ2n) is 8.91. The molecule has 4 rings (SSSR count). The van der Waals surface area contributed by atoms with Gasteiger partial charge in [0.1, 0.15) is 5.75 Å². The number of carbonyl (C=O) groups is 1. The second kappa shape index (κ2) is 8.11. The number of nitrogens with zero attached hydrogens (tertiary/aromatic N) is 1. The first-order chi connectivity index (χ1) is 14.4. The zero-order valence-electron chi connectivity index (χ0n) is 18.0. The Labute approximate surface area is 180 Å². The van der Waals surface area contributed by atoms with E-state index >= 15 is 0 Å². The Kier molecular flexibility index (Phi) is 5.52. The van der Waals surface area contributed by atoms with Crippen molar-refractivity contribution in [2.75, 3.05) is 11.4 Å². The standard InChI is InChI=1S/C26H29NO2Si/c1-26(2,3)30(23-11-6-4-7-12-23,24-13-8-5-9-14-24)29-22-18-16-21(17-19-22)27-20-10-15-25(27)28/h4-9,11-14,16-19H,10,15,20H2,1-3H3. The molecule has 154 valence electrons. The maximum absolute atomic E-state index is 12.1. The molecule has 0 spiro atoms. The molecule has 1 aliphatic rings. The summed E-state index contributed by atoms with van der Waals surface area (Å²) in [6.45, 7) is 7.62. The van der Waals surface area contributed by atoms with Gasteiger partial charge in [-0.2, -0.15) is 0 Å². The first-order valence-electron chi connectivity index (χ1n) is 10.6. The van der Waals surface area contributed by atoms with Crippen LogP contribution in [-0.4, -0.2) is 20.8 Å². The van der Waals surface area contributed by atoms with E-state index in [2.05, 4.69) is 81.4 Å². The fourth-order valence-electron chi connectivity index (χ4n) is 4.44. The number of hydrogen-bond acceptors (Lipinski definition) is 2. The highest BCUT2D eigenvalue weighted by Gasteiger charge is 2.52. The molecule has 3 aromatic rings. The van der Waals surface area contributed by atoms with Gasteiger partial charge in [0.25, 0.3) is 0 Å². The molecule has 3 aromatic carbocycles. The second-order valence-corrected chi connectivity index (χ2v) is 13.1. The minimum Gasteiger partial charge on any atom is -0.534 e. The largest absolute Gasteiger partial charge is 0.534 e. The first-order valence-corrected chi connectivity index (χ1v) is 12.5. The summed E-state index contributed by atoms with van der Waals surface area (Å²) in [5.74, 6) is 1.05. The zero-order chi connectivity index (χ0) is 21.2. The Morgan fingerprint density at radius 2 is 1.33 bits per heavy atom. The Hall–Kier alpha value is -2.85. The number of carbonyl (C=O) groups excluding carboxylic acids is 1. The third-order valence-corrected chi connectivity index (χ3v) is 10.9. The van der Waals surface area contributed by atoms with Crippen molar-refractivity contribution in [1.29, 1.82) is 0 Å². The molecule has 3 nitrogen and oxygen atoms in total. The zero-order valence-corrected chi connectivity index (χ0v) is 19.0. The summed E-state index contributed by atoms with van der Waals surface area (Å²) in [5.41, 5.74) is 0.951. The van der Waals surface area contributed by atoms with Gasteiger partial charge in [0.2, 0.25) is 5.91 Å².